The van der Waals surface area contributed by atoms with Crippen molar-refractivity contribution in [3.63, 3.8) is 0 Å². The van der Waals surface area contributed by atoms with Gasteiger partial charge in [0.05, 0.1) is 20.6 Å². The second kappa shape index (κ2) is 35.4. The van der Waals surface area contributed by atoms with E-state index in [4.69, 9.17) is 50.5 Å². The SMILES string of the molecule is CO[C@H]1Cc2ccc(C)c(C(=O)O)c2OB1O.CSc1ccc2c(c1C(=O)O)OB(O)[C@@H](Sc1nnc(N)s1)C2.CSc1ccc2c(c1C(=O)O)OB(O)[C@@H](Sc1nncn1N)C2.Cc1ccc2c(c1C(=O)O)OB(O)[C@@H](Sc1nncn1C)C2.Cc1ccc2c(c1C(=O)O)OB(O)[C@@H](Sc1nncn1N)C2. The van der Waals surface area contributed by atoms with Gasteiger partial charge in [0.1, 0.15) is 81.6 Å². The lowest BCUT2D eigenvalue weighted by Gasteiger charge is -2.28. The zero-order valence-corrected chi connectivity index (χ0v) is 63.0. The molecule has 4 aromatic heterocycles. The summed E-state index contributed by atoms with van der Waals surface area (Å²) in [5.74, 6) is 7.19. The predicted octanol–water partition coefficient (Wildman–Crippen LogP) is 3.90. The molecule has 0 amide bonds. The Kier molecular flexibility index (Phi) is 26.6. The third-order valence-electron chi connectivity index (χ3n) is 16.6. The highest BCUT2D eigenvalue weighted by molar-refractivity contribution is 8.03. The molecule has 0 saturated heterocycles. The van der Waals surface area contributed by atoms with E-state index >= 15 is 0 Å². The number of hydrogen-bond acceptors (Lipinski definition) is 34. The average molecular weight is 1600 g/mol. The lowest BCUT2D eigenvalue weighted by molar-refractivity contribution is 0.0679. The molecule has 0 unspecified atom stereocenters. The minimum atomic E-state index is -1.17. The molecule has 5 aliphatic heterocycles. The minimum Gasteiger partial charge on any atom is -0.535 e. The standard InChI is InChI=1S/C13H14BN3O4S.C12H13BN4O4S2.C12H13BN4O4S.C12H12BN3O4S3.C11H13BO5/c1-7-3-4-8-5-9(22-13-16-15-6-17(13)2)14(20)21-11(8)10(7)12(18)19;1-22-7-3-2-6-4-8(23-12-16-15-5-17(12)14)13(20)21-10(6)9(7)11(18)19;1-6-2-3-7-4-8(22-12-16-15-5-17(12)14)13(20)21-10(7)9(6)11(18)19;1-21-6-3-2-5-4-7(22-12-16-15-11(14)23-12)13(19)20-9(5)8(6)10(17)18;1-6-3-4-7-5-8(16-2)12(15)17-10(7)9(6)11(13)14/h3-4,6,9,20H,5H2,1-2H3,(H,18,19);2-3,5,8,20H,4,14H2,1H3,(H,18,19);2-3,5,8,20H,4,14H2,1H3,(H,18,19);2-3,7,19H,4H2,1H3,(H2,14,15)(H,17,18);3-4,8,15H,5H2,1-2H3,(H,13,14)/t9-;2*8-;7-;8-/m00000/s1. The smallest absolute Gasteiger partial charge is 0.535 e. The Morgan fingerprint density at radius 3 is 1.08 bits per heavy atom. The first-order valence-corrected chi connectivity index (χ1v) is 38.4. The molecule has 0 spiro atoms. The quantitative estimate of drug-likeness (QED) is 0.0370. The number of benzene rings is 5. The molecule has 0 bridgehead atoms. The molecule has 0 fully saturated rings. The molecule has 5 atom stereocenters. The summed E-state index contributed by atoms with van der Waals surface area (Å²) in [5.41, 5.74) is 11.6. The number of carbonyl (C=O) groups is 5. The van der Waals surface area contributed by atoms with Gasteiger partial charge in [-0.05, 0) is 116 Å². The lowest BCUT2D eigenvalue weighted by Crippen LogP contribution is -2.44. The van der Waals surface area contributed by atoms with Gasteiger partial charge in [0, 0.05) is 30.4 Å². The van der Waals surface area contributed by atoms with Gasteiger partial charge in [0.25, 0.3) is 0 Å². The fourth-order valence-electron chi connectivity index (χ4n) is 11.4. The molecule has 47 heteroatoms. The highest BCUT2D eigenvalue weighted by Gasteiger charge is 2.44. The Bertz CT molecular complexity index is 4680. The van der Waals surface area contributed by atoms with Crippen molar-refractivity contribution in [1.82, 2.24) is 54.7 Å². The Morgan fingerprint density at radius 1 is 0.458 bits per heavy atom. The highest BCUT2D eigenvalue weighted by atomic mass is 32.2. The van der Waals surface area contributed by atoms with E-state index in [-0.39, 0.29) is 77.2 Å². The zero-order valence-electron chi connectivity index (χ0n) is 57.3. The molecule has 14 rings (SSSR count). The van der Waals surface area contributed by atoms with Crippen LogP contribution in [0.25, 0.3) is 0 Å². The first-order chi connectivity index (χ1) is 51.0. The number of hydrogen-bond donors (Lipinski definition) is 13. The maximum atomic E-state index is 11.5. The van der Waals surface area contributed by atoms with Crippen molar-refractivity contribution in [1.29, 1.82) is 0 Å². The van der Waals surface area contributed by atoms with Gasteiger partial charge in [0.2, 0.25) is 15.4 Å². The number of fused-ring (bicyclic) bond motifs is 5. The van der Waals surface area contributed by atoms with E-state index in [0.717, 1.165) is 27.8 Å². The number of methoxy groups -OCH3 is 1. The van der Waals surface area contributed by atoms with E-state index in [1.54, 1.807) is 80.6 Å². The fraction of sp³-hybridized carbons (Fsp3) is 0.283. The Morgan fingerprint density at radius 2 is 0.776 bits per heavy atom. The van der Waals surface area contributed by atoms with Crippen LogP contribution < -0.4 is 40.7 Å². The van der Waals surface area contributed by atoms with Crippen molar-refractivity contribution in [3.8, 4) is 28.7 Å². The number of anilines is 1. The van der Waals surface area contributed by atoms with Gasteiger partial charge in [0.15, 0.2) is 9.50 Å². The Hall–Kier alpha value is -8.99. The average Bonchev–Trinajstić information content (AvgIpc) is 1.18. The summed E-state index contributed by atoms with van der Waals surface area (Å²) in [6, 6.07) is 17.4. The van der Waals surface area contributed by atoms with Gasteiger partial charge in [-0.2, -0.15) is 0 Å². The monoisotopic (exact) mass is 1600 g/mol. The van der Waals surface area contributed by atoms with Crippen molar-refractivity contribution in [2.75, 3.05) is 37.0 Å². The van der Waals surface area contributed by atoms with Crippen LogP contribution in [-0.4, -0.2) is 217 Å². The van der Waals surface area contributed by atoms with Crippen LogP contribution in [0.2, 0.25) is 0 Å². The number of ether oxygens (including phenoxy) is 1. The summed E-state index contributed by atoms with van der Waals surface area (Å²) in [6.45, 7) is 5.10. The van der Waals surface area contributed by atoms with Crippen LogP contribution in [0.5, 0.6) is 28.7 Å². The first-order valence-electron chi connectivity index (χ1n) is 31.6. The van der Waals surface area contributed by atoms with E-state index in [9.17, 15) is 69.5 Å². The molecule has 9 heterocycles. The van der Waals surface area contributed by atoms with Crippen molar-refractivity contribution in [2.24, 2.45) is 7.05 Å². The van der Waals surface area contributed by atoms with E-state index in [2.05, 4.69) is 40.8 Å². The number of aromatic carboxylic acids is 5. The molecule has 558 valence electrons. The third kappa shape index (κ3) is 18.6. The maximum Gasteiger partial charge on any atom is 0.554 e. The molecular weight excluding hydrogens is 1530 g/mol. The number of nitrogens with two attached hydrogens (primary N) is 3. The summed E-state index contributed by atoms with van der Waals surface area (Å²) in [5, 5.41) is 128. The summed E-state index contributed by atoms with van der Waals surface area (Å²) >= 11 is 9.01. The largest absolute Gasteiger partial charge is 0.554 e. The first kappa shape index (κ1) is 80.6. The topological polar surface area (TPSA) is 539 Å². The highest BCUT2D eigenvalue weighted by Crippen LogP contribution is 2.44. The fourth-order valence-corrected chi connectivity index (χ4v) is 17.5. The zero-order chi connectivity index (χ0) is 77.4. The molecule has 107 heavy (non-hydrogen) atoms. The van der Waals surface area contributed by atoms with E-state index in [1.165, 1.54) is 111 Å². The van der Waals surface area contributed by atoms with Crippen LogP contribution >= 0.6 is 81.9 Å². The van der Waals surface area contributed by atoms with Crippen LogP contribution in [-0.2, 0) is 43.9 Å². The van der Waals surface area contributed by atoms with E-state index in [1.807, 2.05) is 31.3 Å². The van der Waals surface area contributed by atoms with Crippen LogP contribution in [0.3, 0.4) is 0 Å². The Labute approximate surface area is 639 Å². The molecular formula is C60H65B5N14O21S7. The summed E-state index contributed by atoms with van der Waals surface area (Å²) in [7, 11) is -2.39. The summed E-state index contributed by atoms with van der Waals surface area (Å²) in [4.78, 5) is 58.2. The van der Waals surface area contributed by atoms with Crippen molar-refractivity contribution < 1.29 is 103 Å². The molecule has 9 aromatic rings. The van der Waals surface area contributed by atoms with Crippen molar-refractivity contribution in [3.05, 3.63) is 152 Å². The minimum absolute atomic E-state index is 0.0829. The molecule has 5 aliphatic rings. The number of carboxylic acids is 5. The summed E-state index contributed by atoms with van der Waals surface area (Å²) in [6.07, 6.45) is 10.2. The second-order valence-corrected chi connectivity index (χ2v) is 31.5. The van der Waals surface area contributed by atoms with Crippen molar-refractivity contribution >= 4 is 152 Å². The van der Waals surface area contributed by atoms with E-state index < -0.39 is 71.4 Å². The molecule has 0 radical (unpaired) electrons. The van der Waals surface area contributed by atoms with Gasteiger partial charge in [-0.15, -0.1) is 64.3 Å². The molecule has 16 N–H and O–H groups in total. The predicted molar refractivity (Wildman–Crippen MR) is 401 cm³/mol. The Balaban J connectivity index is 0.000000143. The molecule has 0 saturated carbocycles. The maximum absolute atomic E-state index is 11.5. The van der Waals surface area contributed by atoms with Gasteiger partial charge >= 0.3 is 65.4 Å². The number of carboxylic acid groups (broad SMARTS) is 5. The van der Waals surface area contributed by atoms with Gasteiger partial charge in [-0.3, -0.25) is 0 Å². The molecule has 35 nitrogen and oxygen atoms in total. The number of nitrogens with zero attached hydrogens (tertiary/aromatic N) is 11. The number of aromatic nitrogens is 11. The van der Waals surface area contributed by atoms with Crippen LogP contribution in [0.4, 0.5) is 5.13 Å². The second-order valence-electron chi connectivity index (χ2n) is 23.7. The van der Waals surface area contributed by atoms with Gasteiger partial charge in [-0.1, -0.05) is 107 Å². The number of nitrogen functional groups attached to an aromatic ring is 3. The van der Waals surface area contributed by atoms with E-state index in [0.29, 0.717) is 83.5 Å². The third-order valence-corrected chi connectivity index (χ3v) is 24.0. The van der Waals surface area contributed by atoms with Gasteiger partial charge < -0.3 is 101 Å². The van der Waals surface area contributed by atoms with Crippen LogP contribution in [0.15, 0.2) is 109 Å². The number of rotatable bonds is 16. The number of aryl methyl sites for hydroxylation is 4. The molecule has 0 aliphatic carbocycles. The normalized spacial score (nSPS) is 17.2. The van der Waals surface area contributed by atoms with Crippen LogP contribution in [0.1, 0.15) is 96.3 Å². The van der Waals surface area contributed by atoms with Crippen molar-refractivity contribution in [2.45, 2.75) is 109 Å². The van der Waals surface area contributed by atoms with Crippen LogP contribution in [0, 0.1) is 20.8 Å². The van der Waals surface area contributed by atoms with Gasteiger partial charge in [-0.25, -0.2) is 33.3 Å². The summed E-state index contributed by atoms with van der Waals surface area (Å²) < 4.78 is 37.2. The number of thioether (sulfide) groups is 6. The lowest BCUT2D eigenvalue weighted by atomic mass is 9.74. The molecule has 5 aromatic carbocycles.